The smallest absolute Gasteiger partial charge is 0.190 e. The number of aromatic nitrogens is 1. The molecule has 0 saturated carbocycles. The van der Waals surface area contributed by atoms with E-state index in [1.165, 1.54) is 5.56 Å². The average Bonchev–Trinajstić information content (AvgIpc) is 3.00. The zero-order chi connectivity index (χ0) is 16.9. The Kier molecular flexibility index (Phi) is 6.79. The Labute approximate surface area is 162 Å². The molecule has 1 heterocycles. The standard InChI is InChI=1S/C20H20N2OS.BrH/c1-4-12-22-19(16-6-5-7-18(13-16)23-3)14-24-20(22)21-17-10-8-15(2)9-11-17;/h4-11,13-14H,1,12H2,2-3H3;1H. The molecule has 0 aliphatic rings. The molecule has 0 aliphatic heterocycles. The van der Waals surface area contributed by atoms with Gasteiger partial charge in [-0.1, -0.05) is 35.9 Å². The molecular formula is C20H21BrN2OS. The third kappa shape index (κ3) is 4.50. The monoisotopic (exact) mass is 416 g/mol. The van der Waals surface area contributed by atoms with Crippen molar-refractivity contribution in [2.45, 2.75) is 13.5 Å². The lowest BCUT2D eigenvalue weighted by Crippen LogP contribution is -2.14. The van der Waals surface area contributed by atoms with E-state index in [1.807, 2.05) is 36.4 Å². The minimum atomic E-state index is 0. The lowest BCUT2D eigenvalue weighted by Gasteiger charge is -2.08. The molecule has 0 radical (unpaired) electrons. The first-order chi connectivity index (χ1) is 11.7. The number of methoxy groups -OCH3 is 1. The Morgan fingerprint density at radius 3 is 2.64 bits per heavy atom. The second-order valence-electron chi connectivity index (χ2n) is 5.48. The van der Waals surface area contributed by atoms with E-state index in [-0.39, 0.29) is 17.0 Å². The molecule has 0 aliphatic carbocycles. The summed E-state index contributed by atoms with van der Waals surface area (Å²) < 4.78 is 7.51. The maximum absolute atomic E-state index is 5.34. The fourth-order valence-corrected chi connectivity index (χ4v) is 3.41. The van der Waals surface area contributed by atoms with Crippen molar-refractivity contribution in [1.29, 1.82) is 0 Å². The molecule has 0 N–H and O–H groups in total. The van der Waals surface area contributed by atoms with Gasteiger partial charge in [0.15, 0.2) is 4.80 Å². The summed E-state index contributed by atoms with van der Waals surface area (Å²) in [5.41, 5.74) is 4.41. The molecule has 0 amide bonds. The van der Waals surface area contributed by atoms with Gasteiger partial charge in [0.05, 0.1) is 18.5 Å². The number of rotatable bonds is 5. The number of aryl methyl sites for hydroxylation is 1. The average molecular weight is 417 g/mol. The van der Waals surface area contributed by atoms with Gasteiger partial charge in [0.2, 0.25) is 0 Å². The Morgan fingerprint density at radius 2 is 1.96 bits per heavy atom. The summed E-state index contributed by atoms with van der Waals surface area (Å²) in [5, 5.41) is 2.13. The van der Waals surface area contributed by atoms with Crippen molar-refractivity contribution in [2.75, 3.05) is 7.11 Å². The maximum atomic E-state index is 5.34. The van der Waals surface area contributed by atoms with Crippen molar-refractivity contribution in [2.24, 2.45) is 4.99 Å². The summed E-state index contributed by atoms with van der Waals surface area (Å²) in [6.07, 6.45) is 1.89. The molecule has 2 aromatic carbocycles. The van der Waals surface area contributed by atoms with Crippen molar-refractivity contribution in [3.05, 3.63) is 76.9 Å². The SMILES string of the molecule is Br.C=CCn1c(-c2cccc(OC)c2)csc1=Nc1ccc(C)cc1. The molecule has 25 heavy (non-hydrogen) atoms. The first-order valence-electron chi connectivity index (χ1n) is 7.76. The molecule has 0 bridgehead atoms. The van der Waals surface area contributed by atoms with Crippen LogP contribution in [-0.2, 0) is 6.54 Å². The molecule has 130 valence electrons. The van der Waals surface area contributed by atoms with Crippen LogP contribution < -0.4 is 9.54 Å². The van der Waals surface area contributed by atoms with E-state index in [4.69, 9.17) is 9.73 Å². The maximum Gasteiger partial charge on any atom is 0.190 e. The summed E-state index contributed by atoms with van der Waals surface area (Å²) >= 11 is 1.63. The lowest BCUT2D eigenvalue weighted by atomic mass is 10.1. The predicted molar refractivity (Wildman–Crippen MR) is 111 cm³/mol. The Hall–Kier alpha value is -2.11. The van der Waals surface area contributed by atoms with Crippen LogP contribution in [0.5, 0.6) is 5.75 Å². The van der Waals surface area contributed by atoms with Gasteiger partial charge in [0.1, 0.15) is 5.75 Å². The topological polar surface area (TPSA) is 26.5 Å². The molecule has 3 nitrogen and oxygen atoms in total. The van der Waals surface area contributed by atoms with E-state index in [9.17, 15) is 0 Å². The molecule has 1 aromatic heterocycles. The molecule has 0 saturated heterocycles. The number of halogens is 1. The number of hydrogen-bond acceptors (Lipinski definition) is 3. The fraction of sp³-hybridized carbons (Fsp3) is 0.150. The van der Waals surface area contributed by atoms with Crippen LogP contribution >= 0.6 is 28.3 Å². The van der Waals surface area contributed by atoms with Gasteiger partial charge >= 0.3 is 0 Å². The van der Waals surface area contributed by atoms with Crippen molar-refractivity contribution in [1.82, 2.24) is 4.57 Å². The van der Waals surface area contributed by atoms with Crippen LogP contribution in [0.15, 0.2) is 71.6 Å². The van der Waals surface area contributed by atoms with Gasteiger partial charge in [-0.3, -0.25) is 0 Å². The summed E-state index contributed by atoms with van der Waals surface area (Å²) in [7, 11) is 1.68. The summed E-state index contributed by atoms with van der Waals surface area (Å²) in [6.45, 7) is 6.67. The molecule has 3 rings (SSSR count). The van der Waals surface area contributed by atoms with Gasteiger partial charge in [-0.25, -0.2) is 4.99 Å². The largest absolute Gasteiger partial charge is 0.497 e. The minimum absolute atomic E-state index is 0. The third-order valence-electron chi connectivity index (χ3n) is 3.73. The van der Waals surface area contributed by atoms with Gasteiger partial charge in [-0.2, -0.15) is 0 Å². The van der Waals surface area contributed by atoms with Crippen LogP contribution in [0.3, 0.4) is 0 Å². The van der Waals surface area contributed by atoms with Crippen LogP contribution in [0.1, 0.15) is 5.56 Å². The molecule has 5 heteroatoms. The number of thiazole rings is 1. The molecule has 0 unspecified atom stereocenters. The number of allylic oxidation sites excluding steroid dienone is 1. The van der Waals surface area contributed by atoms with E-state index in [0.717, 1.165) is 27.5 Å². The minimum Gasteiger partial charge on any atom is -0.497 e. The Morgan fingerprint density at radius 1 is 1.20 bits per heavy atom. The quantitative estimate of drug-likeness (QED) is 0.502. The van der Waals surface area contributed by atoms with E-state index in [2.05, 4.69) is 41.6 Å². The van der Waals surface area contributed by atoms with Crippen LogP contribution in [-0.4, -0.2) is 11.7 Å². The van der Waals surface area contributed by atoms with E-state index in [0.29, 0.717) is 6.54 Å². The second-order valence-corrected chi connectivity index (χ2v) is 6.32. The van der Waals surface area contributed by atoms with Crippen LogP contribution in [0.25, 0.3) is 11.3 Å². The van der Waals surface area contributed by atoms with E-state index in [1.54, 1.807) is 18.4 Å². The third-order valence-corrected chi connectivity index (χ3v) is 4.60. The first-order valence-corrected chi connectivity index (χ1v) is 8.64. The fourth-order valence-electron chi connectivity index (χ4n) is 2.47. The first kappa shape index (κ1) is 19.2. The lowest BCUT2D eigenvalue weighted by molar-refractivity contribution is 0.415. The van der Waals surface area contributed by atoms with E-state index < -0.39 is 0 Å². The van der Waals surface area contributed by atoms with Crippen molar-refractivity contribution in [3.63, 3.8) is 0 Å². The molecule has 3 aromatic rings. The zero-order valence-corrected chi connectivity index (χ0v) is 16.8. The van der Waals surface area contributed by atoms with Crippen LogP contribution in [0.2, 0.25) is 0 Å². The van der Waals surface area contributed by atoms with Crippen molar-refractivity contribution >= 4 is 34.0 Å². The summed E-state index contributed by atoms with van der Waals surface area (Å²) in [6, 6.07) is 16.3. The Bertz CT molecular complexity index is 910. The normalized spacial score (nSPS) is 11.0. The van der Waals surface area contributed by atoms with E-state index >= 15 is 0 Å². The zero-order valence-electron chi connectivity index (χ0n) is 14.3. The van der Waals surface area contributed by atoms with Crippen LogP contribution in [0.4, 0.5) is 5.69 Å². The number of ether oxygens (including phenoxy) is 1. The number of benzene rings is 2. The van der Waals surface area contributed by atoms with Crippen molar-refractivity contribution < 1.29 is 4.74 Å². The van der Waals surface area contributed by atoms with Gasteiger partial charge in [0.25, 0.3) is 0 Å². The summed E-state index contributed by atoms with van der Waals surface area (Å²) in [4.78, 5) is 5.75. The molecule has 0 fully saturated rings. The van der Waals surface area contributed by atoms with Gasteiger partial charge in [-0.05, 0) is 31.2 Å². The highest BCUT2D eigenvalue weighted by Gasteiger charge is 2.08. The second kappa shape index (κ2) is 8.83. The molecule has 0 atom stereocenters. The van der Waals surface area contributed by atoms with Gasteiger partial charge in [-0.15, -0.1) is 34.9 Å². The summed E-state index contributed by atoms with van der Waals surface area (Å²) in [5.74, 6) is 0.848. The highest BCUT2D eigenvalue weighted by molar-refractivity contribution is 8.93. The van der Waals surface area contributed by atoms with Crippen molar-refractivity contribution in [3.8, 4) is 17.0 Å². The molecular weight excluding hydrogens is 396 g/mol. The highest BCUT2D eigenvalue weighted by Crippen LogP contribution is 2.25. The van der Waals surface area contributed by atoms with Gasteiger partial charge < -0.3 is 9.30 Å². The molecule has 0 spiro atoms. The van der Waals surface area contributed by atoms with Crippen LogP contribution in [0, 0.1) is 6.92 Å². The predicted octanol–water partition coefficient (Wildman–Crippen LogP) is 5.53. The van der Waals surface area contributed by atoms with Gasteiger partial charge in [0, 0.05) is 17.5 Å². The Balaban J connectivity index is 0.00000225. The number of nitrogens with zero attached hydrogens (tertiary/aromatic N) is 2. The highest BCUT2D eigenvalue weighted by atomic mass is 79.9. The number of hydrogen-bond donors (Lipinski definition) is 0.